The van der Waals surface area contributed by atoms with E-state index in [4.69, 9.17) is 5.73 Å². The minimum absolute atomic E-state index is 0. The zero-order valence-electron chi connectivity index (χ0n) is 13.5. The summed E-state index contributed by atoms with van der Waals surface area (Å²) in [5.74, 6) is 1.13. The Labute approximate surface area is 131 Å². The SMILES string of the molecule is CC(C)(C)C1CCN(C(=O)CCCCCCN)CC1.Cl. The van der Waals surface area contributed by atoms with E-state index in [9.17, 15) is 4.79 Å². The van der Waals surface area contributed by atoms with Crippen molar-refractivity contribution in [1.82, 2.24) is 4.90 Å². The second-order valence-electron chi connectivity index (χ2n) is 6.97. The Hall–Kier alpha value is -0.280. The molecular weight excluding hydrogens is 272 g/mol. The number of nitrogens with two attached hydrogens (primary N) is 1. The van der Waals surface area contributed by atoms with Crippen molar-refractivity contribution in [3.05, 3.63) is 0 Å². The summed E-state index contributed by atoms with van der Waals surface area (Å²) in [6, 6.07) is 0. The maximum absolute atomic E-state index is 12.1. The Kier molecular flexibility index (Phi) is 9.48. The van der Waals surface area contributed by atoms with Crippen LogP contribution in [0.2, 0.25) is 0 Å². The third-order valence-corrected chi connectivity index (χ3v) is 4.42. The van der Waals surface area contributed by atoms with E-state index in [1.807, 2.05) is 0 Å². The highest BCUT2D eigenvalue weighted by atomic mass is 35.5. The molecule has 1 heterocycles. The van der Waals surface area contributed by atoms with Gasteiger partial charge < -0.3 is 10.6 Å². The summed E-state index contributed by atoms with van der Waals surface area (Å²) in [6.45, 7) is 9.63. The van der Waals surface area contributed by atoms with Crippen LogP contribution >= 0.6 is 12.4 Å². The number of rotatable bonds is 6. The first kappa shape index (κ1) is 19.7. The summed E-state index contributed by atoms with van der Waals surface area (Å²) in [6.07, 6.45) is 7.48. The average Bonchev–Trinajstić information content (AvgIpc) is 2.37. The van der Waals surface area contributed by atoms with Gasteiger partial charge in [-0.3, -0.25) is 4.79 Å². The van der Waals surface area contributed by atoms with E-state index in [-0.39, 0.29) is 12.4 Å². The Morgan fingerprint density at radius 2 is 1.65 bits per heavy atom. The second kappa shape index (κ2) is 9.62. The number of amides is 1. The van der Waals surface area contributed by atoms with Crippen molar-refractivity contribution in [2.75, 3.05) is 19.6 Å². The molecule has 0 spiro atoms. The topological polar surface area (TPSA) is 46.3 Å². The number of piperidine rings is 1. The minimum Gasteiger partial charge on any atom is -0.343 e. The molecule has 4 heteroatoms. The van der Waals surface area contributed by atoms with Crippen LogP contribution in [0.15, 0.2) is 0 Å². The van der Waals surface area contributed by atoms with E-state index in [0.29, 0.717) is 11.3 Å². The molecule has 1 aliphatic heterocycles. The lowest BCUT2D eigenvalue weighted by atomic mass is 9.75. The highest BCUT2D eigenvalue weighted by Crippen LogP contribution is 2.34. The molecule has 0 bridgehead atoms. The highest BCUT2D eigenvalue weighted by Gasteiger charge is 2.29. The summed E-state index contributed by atoms with van der Waals surface area (Å²) in [5, 5.41) is 0. The van der Waals surface area contributed by atoms with Gasteiger partial charge in [-0.1, -0.05) is 33.6 Å². The molecule has 120 valence electrons. The van der Waals surface area contributed by atoms with Crippen molar-refractivity contribution >= 4 is 18.3 Å². The number of likely N-dealkylation sites (tertiary alicyclic amines) is 1. The highest BCUT2D eigenvalue weighted by molar-refractivity contribution is 5.85. The van der Waals surface area contributed by atoms with Gasteiger partial charge in [0.1, 0.15) is 0 Å². The largest absolute Gasteiger partial charge is 0.343 e. The molecule has 1 saturated heterocycles. The second-order valence-corrected chi connectivity index (χ2v) is 6.97. The normalized spacial score (nSPS) is 16.9. The van der Waals surface area contributed by atoms with Gasteiger partial charge in [0, 0.05) is 19.5 Å². The van der Waals surface area contributed by atoms with Crippen LogP contribution in [-0.4, -0.2) is 30.4 Å². The van der Waals surface area contributed by atoms with Crippen LogP contribution in [0.1, 0.15) is 65.7 Å². The Balaban J connectivity index is 0.00000361. The minimum atomic E-state index is 0. The number of unbranched alkanes of at least 4 members (excludes halogenated alkanes) is 3. The van der Waals surface area contributed by atoms with Crippen LogP contribution in [0.3, 0.4) is 0 Å². The number of hydrogen-bond acceptors (Lipinski definition) is 2. The predicted molar refractivity (Wildman–Crippen MR) is 88.1 cm³/mol. The van der Waals surface area contributed by atoms with Crippen molar-refractivity contribution in [3.63, 3.8) is 0 Å². The van der Waals surface area contributed by atoms with Gasteiger partial charge in [-0.25, -0.2) is 0 Å². The van der Waals surface area contributed by atoms with Crippen LogP contribution < -0.4 is 5.73 Å². The molecule has 0 unspecified atom stereocenters. The maximum Gasteiger partial charge on any atom is 0.222 e. The average molecular weight is 305 g/mol. The van der Waals surface area contributed by atoms with Gasteiger partial charge in [0.15, 0.2) is 0 Å². The van der Waals surface area contributed by atoms with E-state index in [1.165, 1.54) is 12.8 Å². The number of nitrogens with zero attached hydrogens (tertiary/aromatic N) is 1. The molecule has 0 atom stereocenters. The van der Waals surface area contributed by atoms with Crippen LogP contribution in [0.25, 0.3) is 0 Å². The van der Waals surface area contributed by atoms with Crippen LogP contribution in [0, 0.1) is 11.3 Å². The smallest absolute Gasteiger partial charge is 0.222 e. The zero-order valence-corrected chi connectivity index (χ0v) is 14.3. The van der Waals surface area contributed by atoms with Gasteiger partial charge in [-0.05, 0) is 43.6 Å². The molecule has 0 saturated carbocycles. The van der Waals surface area contributed by atoms with Gasteiger partial charge in [-0.15, -0.1) is 12.4 Å². The Bertz CT molecular complexity index is 268. The number of carbonyl (C=O) groups excluding carboxylic acids is 1. The summed E-state index contributed by atoms with van der Waals surface area (Å²) in [4.78, 5) is 14.2. The summed E-state index contributed by atoms with van der Waals surface area (Å²) in [5.41, 5.74) is 5.85. The van der Waals surface area contributed by atoms with Gasteiger partial charge in [-0.2, -0.15) is 0 Å². The van der Waals surface area contributed by atoms with E-state index in [0.717, 1.165) is 57.7 Å². The molecule has 0 aromatic heterocycles. The first-order valence-corrected chi connectivity index (χ1v) is 7.93. The maximum atomic E-state index is 12.1. The molecule has 0 aromatic rings. The lowest BCUT2D eigenvalue weighted by Gasteiger charge is -2.38. The standard InChI is InChI=1S/C16H32N2O.ClH/c1-16(2,3)14-9-12-18(13-10-14)15(19)8-6-4-5-7-11-17;/h14H,4-13,17H2,1-3H3;1H. The lowest BCUT2D eigenvalue weighted by Crippen LogP contribution is -2.41. The number of carbonyl (C=O) groups is 1. The third-order valence-electron chi connectivity index (χ3n) is 4.42. The first-order chi connectivity index (χ1) is 8.95. The third kappa shape index (κ3) is 6.94. The van der Waals surface area contributed by atoms with E-state index >= 15 is 0 Å². The van der Waals surface area contributed by atoms with Crippen molar-refractivity contribution in [2.45, 2.75) is 65.7 Å². The monoisotopic (exact) mass is 304 g/mol. The van der Waals surface area contributed by atoms with Crippen molar-refractivity contribution < 1.29 is 4.79 Å². The van der Waals surface area contributed by atoms with Gasteiger partial charge in [0.05, 0.1) is 0 Å². The van der Waals surface area contributed by atoms with Crippen molar-refractivity contribution in [3.8, 4) is 0 Å². The molecular formula is C16H33ClN2O. The fourth-order valence-corrected chi connectivity index (χ4v) is 2.93. The van der Waals surface area contributed by atoms with Crippen LogP contribution in [-0.2, 0) is 4.79 Å². The van der Waals surface area contributed by atoms with Gasteiger partial charge in [0.2, 0.25) is 5.91 Å². The fraction of sp³-hybridized carbons (Fsp3) is 0.938. The van der Waals surface area contributed by atoms with Gasteiger partial charge in [0.25, 0.3) is 0 Å². The molecule has 0 aliphatic carbocycles. The van der Waals surface area contributed by atoms with E-state index in [1.54, 1.807) is 0 Å². The van der Waals surface area contributed by atoms with Crippen LogP contribution in [0.5, 0.6) is 0 Å². The molecule has 20 heavy (non-hydrogen) atoms. The molecule has 1 aliphatic rings. The van der Waals surface area contributed by atoms with Crippen LogP contribution in [0.4, 0.5) is 0 Å². The van der Waals surface area contributed by atoms with Crippen molar-refractivity contribution in [1.29, 1.82) is 0 Å². The zero-order chi connectivity index (χ0) is 14.3. The molecule has 0 radical (unpaired) electrons. The predicted octanol–water partition coefficient (Wildman–Crippen LogP) is 3.60. The number of halogens is 1. The fourth-order valence-electron chi connectivity index (χ4n) is 2.93. The molecule has 2 N–H and O–H groups in total. The Morgan fingerprint density at radius 1 is 1.10 bits per heavy atom. The summed E-state index contributed by atoms with van der Waals surface area (Å²) in [7, 11) is 0. The summed E-state index contributed by atoms with van der Waals surface area (Å²) < 4.78 is 0. The Morgan fingerprint density at radius 3 is 2.15 bits per heavy atom. The van der Waals surface area contributed by atoms with E-state index < -0.39 is 0 Å². The molecule has 3 nitrogen and oxygen atoms in total. The molecule has 0 aromatic carbocycles. The quantitative estimate of drug-likeness (QED) is 0.762. The van der Waals surface area contributed by atoms with E-state index in [2.05, 4.69) is 25.7 Å². The summed E-state index contributed by atoms with van der Waals surface area (Å²) >= 11 is 0. The van der Waals surface area contributed by atoms with Gasteiger partial charge >= 0.3 is 0 Å². The molecule has 1 amide bonds. The lowest BCUT2D eigenvalue weighted by molar-refractivity contribution is -0.133. The molecule has 1 rings (SSSR count). The number of hydrogen-bond donors (Lipinski definition) is 1. The molecule has 1 fully saturated rings. The van der Waals surface area contributed by atoms with Crippen molar-refractivity contribution in [2.24, 2.45) is 17.1 Å². The first-order valence-electron chi connectivity index (χ1n) is 7.93.